The number of benzene rings is 1. The quantitative estimate of drug-likeness (QED) is 0.636. The summed E-state index contributed by atoms with van der Waals surface area (Å²) in [5.74, 6) is -0.236. The second-order valence-corrected chi connectivity index (χ2v) is 6.65. The first-order valence-corrected chi connectivity index (χ1v) is 7.38. The standard InChI is InChI=1S/C16H17NO3S/c1-9-12(16(9,2)3)15(19)20-8-17-13(18)10-6-4-5-7-11(10)14(17)21/h4-7,9,12H,8H2,1-3H3. The molecule has 1 saturated carbocycles. The maximum absolute atomic E-state index is 12.2. The van der Waals surface area contributed by atoms with E-state index in [0.29, 0.717) is 16.5 Å². The molecule has 1 heterocycles. The third kappa shape index (κ3) is 2.07. The minimum atomic E-state index is -0.251. The van der Waals surface area contributed by atoms with Crippen LogP contribution >= 0.6 is 12.2 Å². The SMILES string of the molecule is CC1C(C(=O)OCN2C(=O)c3ccccc3C2=S)C1(C)C. The Labute approximate surface area is 129 Å². The molecule has 2 unspecified atom stereocenters. The van der Waals surface area contributed by atoms with Crippen LogP contribution in [0, 0.1) is 17.3 Å². The Morgan fingerprint density at radius 1 is 1.33 bits per heavy atom. The fourth-order valence-corrected chi connectivity index (χ4v) is 3.29. The average Bonchev–Trinajstić information content (AvgIpc) is 2.85. The van der Waals surface area contributed by atoms with Gasteiger partial charge in [-0.15, -0.1) is 0 Å². The highest BCUT2D eigenvalue weighted by Crippen LogP contribution is 2.58. The van der Waals surface area contributed by atoms with E-state index in [1.807, 2.05) is 32.9 Å². The second kappa shape index (κ2) is 4.63. The van der Waals surface area contributed by atoms with Gasteiger partial charge in [0.25, 0.3) is 5.91 Å². The van der Waals surface area contributed by atoms with Gasteiger partial charge < -0.3 is 4.74 Å². The average molecular weight is 303 g/mol. The molecule has 5 heteroatoms. The van der Waals surface area contributed by atoms with Crippen LogP contribution in [0.25, 0.3) is 0 Å². The van der Waals surface area contributed by atoms with Gasteiger partial charge in [-0.2, -0.15) is 0 Å². The zero-order valence-corrected chi connectivity index (χ0v) is 13.1. The van der Waals surface area contributed by atoms with E-state index in [0.717, 1.165) is 5.56 Å². The molecule has 110 valence electrons. The minimum Gasteiger partial charge on any atom is -0.444 e. The summed E-state index contributed by atoms with van der Waals surface area (Å²) in [5.41, 5.74) is 1.28. The molecule has 0 aromatic heterocycles. The molecule has 1 fully saturated rings. The number of nitrogens with zero attached hydrogens (tertiary/aromatic N) is 1. The summed E-state index contributed by atoms with van der Waals surface area (Å²) < 4.78 is 5.31. The lowest BCUT2D eigenvalue weighted by Gasteiger charge is -2.16. The fraction of sp³-hybridized carbons (Fsp3) is 0.438. The van der Waals surface area contributed by atoms with Crippen molar-refractivity contribution in [2.75, 3.05) is 6.73 Å². The molecule has 1 aromatic carbocycles. The van der Waals surface area contributed by atoms with Gasteiger partial charge in [-0.3, -0.25) is 14.5 Å². The number of ether oxygens (including phenoxy) is 1. The van der Waals surface area contributed by atoms with Gasteiger partial charge in [-0.05, 0) is 17.4 Å². The van der Waals surface area contributed by atoms with E-state index in [9.17, 15) is 9.59 Å². The van der Waals surface area contributed by atoms with Gasteiger partial charge >= 0.3 is 5.97 Å². The molecule has 1 aliphatic carbocycles. The number of carbonyl (C=O) groups is 2. The van der Waals surface area contributed by atoms with Gasteiger partial charge in [0.1, 0.15) is 4.99 Å². The van der Waals surface area contributed by atoms with E-state index in [1.165, 1.54) is 4.90 Å². The van der Waals surface area contributed by atoms with E-state index in [1.54, 1.807) is 12.1 Å². The topological polar surface area (TPSA) is 46.6 Å². The molecule has 0 bridgehead atoms. The summed E-state index contributed by atoms with van der Waals surface area (Å²) in [6.07, 6.45) is 0. The van der Waals surface area contributed by atoms with Crippen LogP contribution in [0.15, 0.2) is 24.3 Å². The number of amides is 1. The Kier molecular flexibility index (Phi) is 3.13. The van der Waals surface area contributed by atoms with Gasteiger partial charge in [-0.1, -0.05) is 51.2 Å². The molecule has 0 N–H and O–H groups in total. The highest BCUT2D eigenvalue weighted by atomic mass is 32.1. The number of carbonyl (C=O) groups excluding carboxylic acids is 2. The normalized spacial score (nSPS) is 25.8. The molecule has 2 aliphatic rings. The van der Waals surface area contributed by atoms with Crippen LogP contribution in [-0.2, 0) is 9.53 Å². The Morgan fingerprint density at radius 2 is 1.90 bits per heavy atom. The van der Waals surface area contributed by atoms with Crippen LogP contribution in [0.1, 0.15) is 36.7 Å². The summed E-state index contributed by atoms with van der Waals surface area (Å²) in [7, 11) is 0. The Balaban J connectivity index is 1.67. The molecule has 2 atom stereocenters. The van der Waals surface area contributed by atoms with Crippen molar-refractivity contribution < 1.29 is 14.3 Å². The number of thiocarbonyl (C=S) groups is 1. The van der Waals surface area contributed by atoms with Crippen molar-refractivity contribution in [3.63, 3.8) is 0 Å². The van der Waals surface area contributed by atoms with Crippen molar-refractivity contribution in [2.45, 2.75) is 20.8 Å². The summed E-state index contributed by atoms with van der Waals surface area (Å²) in [4.78, 5) is 26.1. The molecule has 1 aromatic rings. The molecule has 3 rings (SSSR count). The molecular formula is C16H17NO3S. The van der Waals surface area contributed by atoms with Gasteiger partial charge in [0.2, 0.25) is 0 Å². The van der Waals surface area contributed by atoms with Crippen LogP contribution in [0.2, 0.25) is 0 Å². The molecule has 0 radical (unpaired) electrons. The van der Waals surface area contributed by atoms with Crippen LogP contribution in [0.3, 0.4) is 0 Å². The van der Waals surface area contributed by atoms with Crippen molar-refractivity contribution in [3.8, 4) is 0 Å². The number of rotatable bonds is 3. The second-order valence-electron chi connectivity index (χ2n) is 6.26. The van der Waals surface area contributed by atoms with Crippen LogP contribution in [-0.4, -0.2) is 28.5 Å². The lowest BCUT2D eigenvalue weighted by molar-refractivity contribution is -0.148. The summed E-state index contributed by atoms with van der Waals surface area (Å²) in [5, 5.41) is 0. The lowest BCUT2D eigenvalue weighted by atomic mass is 10.1. The first-order valence-electron chi connectivity index (χ1n) is 6.97. The largest absolute Gasteiger partial charge is 0.444 e. The molecule has 1 aliphatic heterocycles. The lowest BCUT2D eigenvalue weighted by Crippen LogP contribution is -2.33. The smallest absolute Gasteiger partial charge is 0.311 e. The van der Waals surface area contributed by atoms with Gasteiger partial charge in [0, 0.05) is 5.56 Å². The summed E-state index contributed by atoms with van der Waals surface area (Å²) in [6.45, 7) is 6.02. The van der Waals surface area contributed by atoms with Crippen molar-refractivity contribution in [2.24, 2.45) is 17.3 Å². The van der Waals surface area contributed by atoms with Crippen molar-refractivity contribution in [3.05, 3.63) is 35.4 Å². The van der Waals surface area contributed by atoms with Crippen molar-refractivity contribution in [1.29, 1.82) is 0 Å². The minimum absolute atomic E-state index is 0.0183. The number of fused-ring (bicyclic) bond motifs is 1. The van der Waals surface area contributed by atoms with Crippen LogP contribution < -0.4 is 0 Å². The van der Waals surface area contributed by atoms with Gasteiger partial charge in [-0.25, -0.2) is 0 Å². The van der Waals surface area contributed by atoms with E-state index < -0.39 is 0 Å². The first kappa shape index (κ1) is 14.2. The number of hydrogen-bond donors (Lipinski definition) is 0. The zero-order chi connectivity index (χ0) is 15.4. The van der Waals surface area contributed by atoms with Gasteiger partial charge in [0.15, 0.2) is 6.73 Å². The van der Waals surface area contributed by atoms with E-state index in [4.69, 9.17) is 17.0 Å². The van der Waals surface area contributed by atoms with Crippen LogP contribution in [0.5, 0.6) is 0 Å². The molecule has 0 spiro atoms. The van der Waals surface area contributed by atoms with Gasteiger partial charge in [0.05, 0.1) is 11.5 Å². The predicted octanol–water partition coefficient (Wildman–Crippen LogP) is 2.61. The summed E-state index contributed by atoms with van der Waals surface area (Å²) >= 11 is 5.29. The number of esters is 1. The third-order valence-corrected chi connectivity index (χ3v) is 5.27. The van der Waals surface area contributed by atoms with Crippen molar-refractivity contribution >= 4 is 29.1 Å². The maximum atomic E-state index is 12.2. The molecule has 0 saturated heterocycles. The Morgan fingerprint density at radius 3 is 2.43 bits per heavy atom. The highest BCUT2D eigenvalue weighted by molar-refractivity contribution is 7.80. The maximum Gasteiger partial charge on any atom is 0.311 e. The monoisotopic (exact) mass is 303 g/mol. The fourth-order valence-electron chi connectivity index (χ4n) is 2.98. The van der Waals surface area contributed by atoms with E-state index in [-0.39, 0.29) is 29.9 Å². The predicted molar refractivity (Wildman–Crippen MR) is 81.7 cm³/mol. The van der Waals surface area contributed by atoms with Crippen LogP contribution in [0.4, 0.5) is 0 Å². The Hall–Kier alpha value is -1.75. The van der Waals surface area contributed by atoms with E-state index in [2.05, 4.69) is 0 Å². The molecule has 21 heavy (non-hydrogen) atoms. The Bertz CT molecular complexity index is 618. The van der Waals surface area contributed by atoms with Crippen molar-refractivity contribution in [1.82, 2.24) is 4.90 Å². The summed E-state index contributed by atoms with van der Waals surface area (Å²) in [6, 6.07) is 7.17. The molecule has 1 amide bonds. The zero-order valence-electron chi connectivity index (χ0n) is 12.3. The first-order chi connectivity index (χ1) is 9.85. The van der Waals surface area contributed by atoms with E-state index >= 15 is 0 Å². The highest BCUT2D eigenvalue weighted by Gasteiger charge is 2.59. The molecule has 4 nitrogen and oxygen atoms in total. The third-order valence-electron chi connectivity index (χ3n) is 4.83. The number of hydrogen-bond acceptors (Lipinski definition) is 4. The molecular weight excluding hydrogens is 286 g/mol.